The Hall–Kier alpha value is -2.78. The van der Waals surface area contributed by atoms with Gasteiger partial charge in [-0.15, -0.1) is 0 Å². The van der Waals surface area contributed by atoms with Crippen LogP contribution in [-0.2, 0) is 0 Å². The van der Waals surface area contributed by atoms with Crippen molar-refractivity contribution in [2.75, 3.05) is 5.32 Å². The van der Waals surface area contributed by atoms with Gasteiger partial charge in [0.1, 0.15) is 17.2 Å². The molecule has 4 aromatic rings. The number of hydrogen-bond acceptors (Lipinski definition) is 2. The normalized spacial score (nSPS) is 10.8. The summed E-state index contributed by atoms with van der Waals surface area (Å²) in [6.45, 7) is 0. The summed E-state index contributed by atoms with van der Waals surface area (Å²) in [6.07, 6.45) is 1.93. The molecule has 0 radical (unpaired) electrons. The Kier molecular flexibility index (Phi) is 3.48. The van der Waals surface area contributed by atoms with Crippen LogP contribution in [0.5, 0.6) is 0 Å². The maximum absolute atomic E-state index is 6.11. The number of para-hydroxylation sites is 1. The van der Waals surface area contributed by atoms with E-state index in [0.29, 0.717) is 5.02 Å². The van der Waals surface area contributed by atoms with Crippen LogP contribution in [0.4, 0.5) is 11.5 Å². The third kappa shape index (κ3) is 2.67. The number of hydrogen-bond donors (Lipinski definition) is 1. The predicted molar refractivity (Wildman–Crippen MR) is 95.4 cm³/mol. The van der Waals surface area contributed by atoms with Crippen LogP contribution in [0.1, 0.15) is 0 Å². The Balaban J connectivity index is 1.92. The Bertz CT molecular complexity index is 946. The van der Waals surface area contributed by atoms with Gasteiger partial charge in [0.2, 0.25) is 0 Å². The van der Waals surface area contributed by atoms with E-state index in [2.05, 4.69) is 17.4 Å². The first-order valence-electron chi connectivity index (χ1n) is 7.36. The molecule has 2 heterocycles. The van der Waals surface area contributed by atoms with Crippen LogP contribution in [0.3, 0.4) is 0 Å². The highest BCUT2D eigenvalue weighted by atomic mass is 35.5. The number of imidazole rings is 1. The minimum absolute atomic E-state index is 0.674. The van der Waals surface area contributed by atoms with Gasteiger partial charge in [-0.05, 0) is 18.2 Å². The topological polar surface area (TPSA) is 29.3 Å². The molecule has 2 aromatic carbocycles. The van der Waals surface area contributed by atoms with Gasteiger partial charge < -0.3 is 5.32 Å². The van der Waals surface area contributed by atoms with E-state index in [9.17, 15) is 0 Å². The van der Waals surface area contributed by atoms with E-state index in [1.807, 2.05) is 71.3 Å². The van der Waals surface area contributed by atoms with Gasteiger partial charge in [0.25, 0.3) is 0 Å². The number of nitrogens with zero attached hydrogens (tertiary/aromatic N) is 2. The van der Waals surface area contributed by atoms with Gasteiger partial charge in [-0.25, -0.2) is 4.98 Å². The van der Waals surface area contributed by atoms with Gasteiger partial charge in [-0.3, -0.25) is 4.40 Å². The molecule has 0 fully saturated rings. The van der Waals surface area contributed by atoms with Crippen molar-refractivity contribution in [3.8, 4) is 11.3 Å². The third-order valence-corrected chi connectivity index (χ3v) is 3.91. The summed E-state index contributed by atoms with van der Waals surface area (Å²) in [6, 6.07) is 23.9. The van der Waals surface area contributed by atoms with Crippen molar-refractivity contribution in [2.24, 2.45) is 0 Å². The molecular formula is C19H14ClN3. The van der Waals surface area contributed by atoms with Gasteiger partial charge in [-0.2, -0.15) is 0 Å². The second kappa shape index (κ2) is 5.78. The lowest BCUT2D eigenvalue weighted by Crippen LogP contribution is -1.96. The summed E-state index contributed by atoms with van der Waals surface area (Å²) in [5.41, 5.74) is 3.79. The molecule has 0 saturated carbocycles. The van der Waals surface area contributed by atoms with Crippen molar-refractivity contribution in [2.45, 2.75) is 0 Å². The molecule has 3 nitrogen and oxygen atoms in total. The van der Waals surface area contributed by atoms with Crippen LogP contribution >= 0.6 is 11.6 Å². The van der Waals surface area contributed by atoms with Crippen molar-refractivity contribution in [3.05, 3.63) is 84.0 Å². The van der Waals surface area contributed by atoms with Crippen LogP contribution in [0.25, 0.3) is 16.9 Å². The molecule has 0 saturated heterocycles. The van der Waals surface area contributed by atoms with Gasteiger partial charge in [0, 0.05) is 28.5 Å². The van der Waals surface area contributed by atoms with Crippen molar-refractivity contribution < 1.29 is 0 Å². The Morgan fingerprint density at radius 3 is 2.30 bits per heavy atom. The molecule has 4 rings (SSSR count). The monoisotopic (exact) mass is 319 g/mol. The average Bonchev–Trinajstić information content (AvgIpc) is 2.94. The van der Waals surface area contributed by atoms with Crippen molar-refractivity contribution in [1.82, 2.24) is 9.38 Å². The third-order valence-electron chi connectivity index (χ3n) is 3.67. The largest absolute Gasteiger partial charge is 0.339 e. The summed E-state index contributed by atoms with van der Waals surface area (Å²) in [5.74, 6) is 0.925. The van der Waals surface area contributed by atoms with E-state index in [4.69, 9.17) is 16.6 Å². The molecule has 0 aliphatic rings. The molecule has 23 heavy (non-hydrogen) atoms. The first kappa shape index (κ1) is 13.9. The highest BCUT2D eigenvalue weighted by Crippen LogP contribution is 2.31. The zero-order valence-electron chi connectivity index (χ0n) is 12.3. The summed E-state index contributed by atoms with van der Waals surface area (Å²) in [7, 11) is 0. The quantitative estimate of drug-likeness (QED) is 0.548. The zero-order chi connectivity index (χ0) is 15.6. The molecule has 4 heteroatoms. The second-order valence-electron chi connectivity index (χ2n) is 5.24. The van der Waals surface area contributed by atoms with Crippen LogP contribution < -0.4 is 5.32 Å². The molecule has 0 spiro atoms. The van der Waals surface area contributed by atoms with Gasteiger partial charge >= 0.3 is 0 Å². The summed E-state index contributed by atoms with van der Waals surface area (Å²) in [4.78, 5) is 4.76. The van der Waals surface area contributed by atoms with E-state index >= 15 is 0 Å². The van der Waals surface area contributed by atoms with E-state index in [1.54, 1.807) is 0 Å². The van der Waals surface area contributed by atoms with Crippen molar-refractivity contribution >= 4 is 28.8 Å². The fourth-order valence-corrected chi connectivity index (χ4v) is 2.75. The number of rotatable bonds is 3. The number of fused-ring (bicyclic) bond motifs is 1. The fourth-order valence-electron chi connectivity index (χ4n) is 2.59. The lowest BCUT2D eigenvalue weighted by molar-refractivity contribution is 1.18. The molecule has 0 aliphatic carbocycles. The smallest absolute Gasteiger partial charge is 0.143 e. The number of pyridine rings is 1. The lowest BCUT2D eigenvalue weighted by Gasteiger charge is -2.08. The van der Waals surface area contributed by atoms with E-state index in [0.717, 1.165) is 28.4 Å². The van der Waals surface area contributed by atoms with E-state index in [1.165, 1.54) is 0 Å². The molecule has 2 aromatic heterocycles. The molecule has 1 N–H and O–H groups in total. The number of anilines is 2. The standard InChI is InChI=1S/C19H14ClN3/c20-15-11-12-23-17(13-15)22-18(14-7-3-1-4-8-14)19(23)21-16-9-5-2-6-10-16/h1-13,21H. The number of aromatic nitrogens is 2. The van der Waals surface area contributed by atoms with Crippen molar-refractivity contribution in [1.29, 1.82) is 0 Å². The van der Waals surface area contributed by atoms with Crippen LogP contribution in [0, 0.1) is 0 Å². The average molecular weight is 320 g/mol. The number of halogens is 1. The Morgan fingerprint density at radius 1 is 0.870 bits per heavy atom. The lowest BCUT2D eigenvalue weighted by atomic mass is 10.1. The minimum Gasteiger partial charge on any atom is -0.339 e. The molecule has 0 unspecified atom stereocenters. The summed E-state index contributed by atoms with van der Waals surface area (Å²) >= 11 is 6.11. The highest BCUT2D eigenvalue weighted by molar-refractivity contribution is 6.30. The summed E-state index contributed by atoms with van der Waals surface area (Å²) in [5, 5.41) is 4.15. The Morgan fingerprint density at radius 2 is 1.57 bits per heavy atom. The fraction of sp³-hybridized carbons (Fsp3) is 0. The first-order valence-corrected chi connectivity index (χ1v) is 7.74. The second-order valence-corrected chi connectivity index (χ2v) is 5.68. The SMILES string of the molecule is Clc1ccn2c(Nc3ccccc3)c(-c3ccccc3)nc2c1. The maximum atomic E-state index is 6.11. The molecule has 0 bridgehead atoms. The minimum atomic E-state index is 0.674. The van der Waals surface area contributed by atoms with Gasteiger partial charge in [0.05, 0.1) is 0 Å². The van der Waals surface area contributed by atoms with Crippen LogP contribution in [-0.4, -0.2) is 9.38 Å². The molecule has 0 atom stereocenters. The zero-order valence-corrected chi connectivity index (χ0v) is 13.0. The molecule has 112 valence electrons. The summed E-state index contributed by atoms with van der Waals surface area (Å²) < 4.78 is 2.02. The Labute approximate surface area is 139 Å². The number of nitrogens with one attached hydrogen (secondary N) is 1. The van der Waals surface area contributed by atoms with Crippen LogP contribution in [0.15, 0.2) is 79.0 Å². The predicted octanol–water partition coefficient (Wildman–Crippen LogP) is 5.40. The number of benzene rings is 2. The van der Waals surface area contributed by atoms with E-state index < -0.39 is 0 Å². The van der Waals surface area contributed by atoms with Gasteiger partial charge in [-0.1, -0.05) is 60.1 Å². The highest BCUT2D eigenvalue weighted by Gasteiger charge is 2.14. The molecule has 0 aliphatic heterocycles. The van der Waals surface area contributed by atoms with Gasteiger partial charge in [0.15, 0.2) is 0 Å². The van der Waals surface area contributed by atoms with Crippen molar-refractivity contribution in [3.63, 3.8) is 0 Å². The maximum Gasteiger partial charge on any atom is 0.143 e. The first-order chi connectivity index (χ1) is 11.3. The van der Waals surface area contributed by atoms with Crippen LogP contribution in [0.2, 0.25) is 5.02 Å². The van der Waals surface area contributed by atoms with E-state index in [-0.39, 0.29) is 0 Å². The molecule has 0 amide bonds. The molecular weight excluding hydrogens is 306 g/mol.